The number of β-amino-alcohol motifs (C(OH)–C–C–N with tert-alkyl or cyclic N) is 1. The molecule has 3 aromatic carbocycles. The average molecular weight is 645 g/mol. The molecule has 0 saturated carbocycles. The van der Waals surface area contributed by atoms with Crippen LogP contribution in [0.4, 0.5) is 0 Å². The minimum absolute atomic E-state index is 0. The van der Waals surface area contributed by atoms with Crippen molar-refractivity contribution in [2.45, 2.75) is 45.6 Å². The zero-order valence-corrected chi connectivity index (χ0v) is 27.1. The maximum Gasteiger partial charge on any atom is 0.254 e. The van der Waals surface area contributed by atoms with Crippen molar-refractivity contribution in [3.63, 3.8) is 0 Å². The molecule has 2 N–H and O–H groups in total. The minimum atomic E-state index is -0.698. The molecule has 0 bridgehead atoms. The topological polar surface area (TPSA) is 117 Å². The van der Waals surface area contributed by atoms with E-state index in [2.05, 4.69) is 28.2 Å². The molecular formula is C35H40N4O6S. The van der Waals surface area contributed by atoms with Crippen molar-refractivity contribution in [1.29, 1.82) is 0 Å². The Morgan fingerprint density at radius 3 is 2.54 bits per heavy atom. The van der Waals surface area contributed by atoms with Gasteiger partial charge in [-0.1, -0.05) is 12.1 Å². The lowest BCUT2D eigenvalue weighted by Crippen LogP contribution is -2.42. The molecule has 6 rings (SSSR count). The van der Waals surface area contributed by atoms with E-state index in [-0.39, 0.29) is 31.9 Å². The third kappa shape index (κ3) is 7.55. The van der Waals surface area contributed by atoms with Gasteiger partial charge in [0.2, 0.25) is 0 Å². The molecule has 0 fully saturated rings. The van der Waals surface area contributed by atoms with Gasteiger partial charge in [0.25, 0.3) is 11.8 Å². The van der Waals surface area contributed by atoms with Crippen LogP contribution in [0.15, 0.2) is 71.6 Å². The summed E-state index contributed by atoms with van der Waals surface area (Å²) in [6.07, 6.45) is 3.88. The number of hydrogen-bond acceptors (Lipinski definition) is 8. The first kappa shape index (κ1) is 33.1. The molecule has 242 valence electrons. The molecular weight excluding hydrogens is 604 g/mol. The highest BCUT2D eigenvalue weighted by molar-refractivity contribution is 7.59. The second-order valence-electron chi connectivity index (χ2n) is 11.6. The van der Waals surface area contributed by atoms with E-state index in [0.29, 0.717) is 55.3 Å². The Hall–Kier alpha value is -4.32. The quantitative estimate of drug-likeness (QED) is 0.266. The van der Waals surface area contributed by atoms with Crippen molar-refractivity contribution in [3.05, 3.63) is 112 Å². The molecule has 2 amide bonds. The van der Waals surface area contributed by atoms with E-state index in [1.165, 1.54) is 17.5 Å². The summed E-state index contributed by atoms with van der Waals surface area (Å²) in [4.78, 5) is 33.9. The Bertz CT molecular complexity index is 1660. The van der Waals surface area contributed by atoms with Crippen molar-refractivity contribution in [3.8, 4) is 11.5 Å². The Kier molecular flexibility index (Phi) is 10.7. The van der Waals surface area contributed by atoms with Crippen LogP contribution in [0.2, 0.25) is 0 Å². The van der Waals surface area contributed by atoms with Gasteiger partial charge in [0.1, 0.15) is 18.1 Å². The number of carbonyl (C=O) groups is 2. The Labute approximate surface area is 275 Å². The molecule has 3 heterocycles. The van der Waals surface area contributed by atoms with E-state index in [4.69, 9.17) is 13.9 Å². The summed E-state index contributed by atoms with van der Waals surface area (Å²) in [7, 11) is 1.60. The summed E-state index contributed by atoms with van der Waals surface area (Å²) in [5.74, 6) is 1.98. The van der Waals surface area contributed by atoms with Crippen LogP contribution in [-0.2, 0) is 32.5 Å². The SMILES string of the molecule is COc1ccc(C(=O)N2CCc3cc(C(=O)NC[C@H](O)CN4CCc5c(ccc(OCc6cnco6)c5C)C4)ccc3C2)cc1.S. The molecule has 0 radical (unpaired) electrons. The van der Waals surface area contributed by atoms with E-state index in [1.807, 2.05) is 23.1 Å². The lowest BCUT2D eigenvalue weighted by Gasteiger charge is -2.31. The van der Waals surface area contributed by atoms with Gasteiger partial charge in [-0.15, -0.1) is 0 Å². The number of hydrogen-bond donors (Lipinski definition) is 2. The molecule has 1 atom stereocenters. The number of nitrogens with one attached hydrogen (secondary N) is 1. The third-order valence-corrected chi connectivity index (χ3v) is 8.64. The number of aromatic nitrogens is 1. The van der Waals surface area contributed by atoms with E-state index in [0.717, 1.165) is 42.0 Å². The predicted octanol–water partition coefficient (Wildman–Crippen LogP) is 4.03. The Balaban J connectivity index is 0.00000417. The second kappa shape index (κ2) is 14.8. The largest absolute Gasteiger partial charge is 0.497 e. The number of benzene rings is 3. The maximum atomic E-state index is 13.0. The summed E-state index contributed by atoms with van der Waals surface area (Å²) in [5, 5.41) is 13.7. The van der Waals surface area contributed by atoms with Crippen molar-refractivity contribution in [1.82, 2.24) is 20.1 Å². The van der Waals surface area contributed by atoms with Gasteiger partial charge in [-0.05, 0) is 90.0 Å². The number of nitrogens with zero attached hydrogens (tertiary/aromatic N) is 3. The van der Waals surface area contributed by atoms with E-state index in [9.17, 15) is 14.7 Å². The van der Waals surface area contributed by atoms with Crippen LogP contribution in [0.1, 0.15) is 54.3 Å². The average Bonchev–Trinajstić information content (AvgIpc) is 3.60. The third-order valence-electron chi connectivity index (χ3n) is 8.64. The van der Waals surface area contributed by atoms with Gasteiger partial charge in [-0.25, -0.2) is 4.98 Å². The molecule has 0 unspecified atom stereocenters. The number of oxazole rings is 1. The van der Waals surface area contributed by atoms with Gasteiger partial charge in [-0.3, -0.25) is 14.5 Å². The monoisotopic (exact) mass is 644 g/mol. The smallest absolute Gasteiger partial charge is 0.254 e. The molecule has 0 saturated heterocycles. The summed E-state index contributed by atoms with van der Waals surface area (Å²) >= 11 is 0. The zero-order valence-electron chi connectivity index (χ0n) is 26.1. The Morgan fingerprint density at radius 2 is 1.78 bits per heavy atom. The molecule has 4 aromatic rings. The molecule has 0 aliphatic carbocycles. The predicted molar refractivity (Wildman–Crippen MR) is 178 cm³/mol. The number of fused-ring (bicyclic) bond motifs is 2. The summed E-state index contributed by atoms with van der Waals surface area (Å²) < 4.78 is 16.4. The summed E-state index contributed by atoms with van der Waals surface area (Å²) in [5.41, 5.74) is 6.91. The fourth-order valence-corrected chi connectivity index (χ4v) is 6.11. The Morgan fingerprint density at radius 1 is 1.00 bits per heavy atom. The molecule has 2 aliphatic heterocycles. The standard InChI is InChI=1S/C35H38N4O6.H2S/c1-23-32-12-13-38(18-28(32)7-10-33(23)44-21-31-17-36-22-45-31)20-29(40)16-37-34(41)26-3-4-27-19-39(14-11-25(27)15-26)35(42)24-5-8-30(43-2)9-6-24;/h3-10,15,17,22,29,40H,11-14,16,18-21H2,1-2H3,(H,37,41);1H2/t29-;/m0./s1. The summed E-state index contributed by atoms with van der Waals surface area (Å²) in [6, 6.07) is 16.8. The maximum absolute atomic E-state index is 13.0. The van der Waals surface area contributed by atoms with Gasteiger partial charge >= 0.3 is 0 Å². The molecule has 1 aromatic heterocycles. The van der Waals surface area contributed by atoms with E-state index in [1.54, 1.807) is 43.6 Å². The molecule has 10 nitrogen and oxygen atoms in total. The molecule has 11 heteroatoms. The number of carbonyl (C=O) groups excluding carboxylic acids is 2. The fraction of sp³-hybridized carbons (Fsp3) is 0.343. The van der Waals surface area contributed by atoms with Crippen LogP contribution >= 0.6 is 13.5 Å². The van der Waals surface area contributed by atoms with Gasteiger partial charge in [0, 0.05) is 50.4 Å². The van der Waals surface area contributed by atoms with Crippen LogP contribution in [0.3, 0.4) is 0 Å². The summed E-state index contributed by atoms with van der Waals surface area (Å²) in [6.45, 7) is 5.65. The van der Waals surface area contributed by atoms with Crippen molar-refractivity contribution < 1.29 is 28.6 Å². The van der Waals surface area contributed by atoms with Gasteiger partial charge in [-0.2, -0.15) is 13.5 Å². The zero-order chi connectivity index (χ0) is 31.3. The molecule has 0 spiro atoms. The number of aliphatic hydroxyl groups excluding tert-OH is 1. The first-order valence-electron chi connectivity index (χ1n) is 15.2. The number of methoxy groups -OCH3 is 1. The lowest BCUT2D eigenvalue weighted by molar-refractivity contribution is 0.0734. The van der Waals surface area contributed by atoms with E-state index >= 15 is 0 Å². The first-order valence-corrected chi connectivity index (χ1v) is 15.2. The highest BCUT2D eigenvalue weighted by Gasteiger charge is 2.24. The van der Waals surface area contributed by atoms with Crippen molar-refractivity contribution >= 4 is 25.3 Å². The first-order chi connectivity index (χ1) is 21.9. The van der Waals surface area contributed by atoms with Gasteiger partial charge < -0.3 is 29.2 Å². The van der Waals surface area contributed by atoms with Gasteiger partial charge in [0.05, 0.1) is 19.4 Å². The molecule has 2 aliphatic rings. The van der Waals surface area contributed by atoms with Crippen LogP contribution in [0, 0.1) is 6.92 Å². The second-order valence-corrected chi connectivity index (χ2v) is 11.6. The van der Waals surface area contributed by atoms with Crippen LogP contribution < -0.4 is 14.8 Å². The molecule has 46 heavy (non-hydrogen) atoms. The number of aliphatic hydroxyl groups is 1. The van der Waals surface area contributed by atoms with Crippen molar-refractivity contribution in [2.24, 2.45) is 0 Å². The number of rotatable bonds is 10. The van der Waals surface area contributed by atoms with Crippen LogP contribution in [-0.4, -0.2) is 71.1 Å². The van der Waals surface area contributed by atoms with Crippen LogP contribution in [0.5, 0.6) is 11.5 Å². The highest BCUT2D eigenvalue weighted by atomic mass is 32.1. The normalized spacial score (nSPS) is 14.8. The number of ether oxygens (including phenoxy) is 2. The van der Waals surface area contributed by atoms with E-state index < -0.39 is 6.10 Å². The van der Waals surface area contributed by atoms with Gasteiger partial charge in [0.15, 0.2) is 12.2 Å². The highest BCUT2D eigenvalue weighted by Crippen LogP contribution is 2.30. The minimum Gasteiger partial charge on any atom is -0.497 e. The number of amides is 2. The van der Waals surface area contributed by atoms with Crippen molar-refractivity contribution in [2.75, 3.05) is 33.3 Å². The lowest BCUT2D eigenvalue weighted by atomic mass is 9.94. The fourth-order valence-electron chi connectivity index (χ4n) is 6.11. The van der Waals surface area contributed by atoms with Crippen LogP contribution in [0.25, 0.3) is 0 Å².